The normalized spacial score (nSPS) is 19.8. The molecule has 176 valence electrons. The fourth-order valence-electron chi connectivity index (χ4n) is 3.98. The molecule has 0 spiro atoms. The van der Waals surface area contributed by atoms with Crippen molar-refractivity contribution in [3.8, 4) is 0 Å². The third-order valence-corrected chi connectivity index (χ3v) is 7.38. The molecule has 12 heteroatoms. The summed E-state index contributed by atoms with van der Waals surface area (Å²) in [5, 5.41) is 3.10. The quantitative estimate of drug-likeness (QED) is 0.721. The highest BCUT2D eigenvalue weighted by Crippen LogP contribution is 2.37. The van der Waals surface area contributed by atoms with Crippen LogP contribution in [0.25, 0.3) is 0 Å². The maximum atomic E-state index is 13.5. The Labute approximate surface area is 188 Å². The molecule has 2 heterocycles. The van der Waals surface area contributed by atoms with Gasteiger partial charge in [-0.15, -0.1) is 0 Å². The first-order chi connectivity index (χ1) is 15.6. The highest BCUT2D eigenvalue weighted by atomic mass is 32.2. The molecule has 0 aromatic heterocycles. The van der Waals surface area contributed by atoms with E-state index in [9.17, 15) is 31.2 Å². The molecule has 2 aliphatic heterocycles. The Morgan fingerprint density at radius 3 is 2.21 bits per heavy atom. The number of nitrogens with zero attached hydrogens (tertiary/aromatic N) is 3. The van der Waals surface area contributed by atoms with E-state index in [1.807, 2.05) is 0 Å². The predicted molar refractivity (Wildman–Crippen MR) is 113 cm³/mol. The van der Waals surface area contributed by atoms with E-state index >= 15 is 0 Å². The zero-order chi connectivity index (χ0) is 23.8. The Morgan fingerprint density at radius 1 is 0.970 bits per heavy atom. The van der Waals surface area contributed by atoms with E-state index in [2.05, 4.69) is 5.32 Å². The number of urea groups is 1. The van der Waals surface area contributed by atoms with Crippen LogP contribution in [0.3, 0.4) is 0 Å². The van der Waals surface area contributed by atoms with Crippen molar-refractivity contribution in [3.05, 3.63) is 60.2 Å². The molecule has 2 aromatic rings. The van der Waals surface area contributed by atoms with Gasteiger partial charge in [-0.2, -0.15) is 13.2 Å². The molecule has 1 unspecified atom stereocenters. The number of sulfonamides is 1. The Bertz CT molecular complexity index is 1150. The molecular formula is C21H21F3N4O4S. The summed E-state index contributed by atoms with van der Waals surface area (Å²) < 4.78 is 67.4. The standard InChI is InChI=1S/C21H21F3N4O4S/c22-21(23,24)16-8-4-5-9-18(16)33(31,32)27-14-17(19(29)26-12-10-25-11-13-26)28(20(27)30)15-6-2-1-3-7-15/h1-9,17,25H,10-14H2. The number of hydrogen-bond donors (Lipinski definition) is 1. The van der Waals surface area contributed by atoms with Gasteiger partial charge in [0.2, 0.25) is 5.91 Å². The number of hydrogen-bond acceptors (Lipinski definition) is 5. The molecule has 0 radical (unpaired) electrons. The second kappa shape index (κ2) is 8.67. The molecule has 1 atom stereocenters. The van der Waals surface area contributed by atoms with Crippen molar-refractivity contribution < 1.29 is 31.2 Å². The van der Waals surface area contributed by atoms with Gasteiger partial charge in [0.05, 0.1) is 17.0 Å². The Morgan fingerprint density at radius 2 is 1.58 bits per heavy atom. The molecule has 33 heavy (non-hydrogen) atoms. The molecule has 2 saturated heterocycles. The Kier molecular flexibility index (Phi) is 6.06. The number of piperazine rings is 1. The van der Waals surface area contributed by atoms with Crippen LogP contribution in [0.5, 0.6) is 0 Å². The SMILES string of the molecule is O=C(C1CN(S(=O)(=O)c2ccccc2C(F)(F)F)C(=O)N1c1ccccc1)N1CCNCC1. The van der Waals surface area contributed by atoms with Gasteiger partial charge in [-0.05, 0) is 24.3 Å². The molecule has 2 aromatic carbocycles. The maximum Gasteiger partial charge on any atom is 0.417 e. The molecule has 2 fully saturated rings. The van der Waals surface area contributed by atoms with Gasteiger partial charge >= 0.3 is 12.2 Å². The first-order valence-electron chi connectivity index (χ1n) is 10.2. The molecule has 2 aliphatic rings. The maximum absolute atomic E-state index is 13.5. The lowest BCUT2D eigenvalue weighted by atomic mass is 10.2. The highest BCUT2D eigenvalue weighted by Gasteiger charge is 2.50. The van der Waals surface area contributed by atoms with E-state index in [0.29, 0.717) is 36.6 Å². The summed E-state index contributed by atoms with van der Waals surface area (Å²) in [5.41, 5.74) is -1.10. The second-order valence-corrected chi connectivity index (χ2v) is 9.44. The zero-order valence-electron chi connectivity index (χ0n) is 17.3. The molecule has 0 saturated carbocycles. The van der Waals surface area contributed by atoms with Gasteiger partial charge in [0.15, 0.2) is 0 Å². The first-order valence-corrected chi connectivity index (χ1v) is 11.6. The predicted octanol–water partition coefficient (Wildman–Crippen LogP) is 2.14. The van der Waals surface area contributed by atoms with Crippen LogP contribution in [-0.2, 0) is 21.0 Å². The van der Waals surface area contributed by atoms with E-state index in [1.165, 1.54) is 17.0 Å². The van der Waals surface area contributed by atoms with Crippen LogP contribution in [0.1, 0.15) is 5.56 Å². The van der Waals surface area contributed by atoms with Crippen molar-refractivity contribution in [1.29, 1.82) is 0 Å². The van der Waals surface area contributed by atoms with Crippen LogP contribution in [0.2, 0.25) is 0 Å². The van der Waals surface area contributed by atoms with Crippen molar-refractivity contribution in [2.24, 2.45) is 0 Å². The molecule has 4 rings (SSSR count). The van der Waals surface area contributed by atoms with Crippen LogP contribution in [-0.4, -0.2) is 68.3 Å². The van der Waals surface area contributed by atoms with Crippen molar-refractivity contribution in [1.82, 2.24) is 14.5 Å². The van der Waals surface area contributed by atoms with Gasteiger partial charge in [-0.3, -0.25) is 9.69 Å². The Balaban J connectivity index is 1.76. The minimum absolute atomic E-state index is 0.276. The fourth-order valence-corrected chi connectivity index (χ4v) is 5.56. The molecular weight excluding hydrogens is 461 g/mol. The third-order valence-electron chi connectivity index (χ3n) is 5.58. The number of alkyl halides is 3. The summed E-state index contributed by atoms with van der Waals surface area (Å²) in [6.07, 6.45) is -4.94. The summed E-state index contributed by atoms with van der Waals surface area (Å²) in [5.74, 6) is -0.462. The molecule has 3 amide bonds. The lowest BCUT2D eigenvalue weighted by Crippen LogP contribution is -2.53. The van der Waals surface area contributed by atoms with E-state index in [1.54, 1.807) is 18.2 Å². The highest BCUT2D eigenvalue weighted by molar-refractivity contribution is 7.89. The number of rotatable bonds is 4. The number of carbonyl (C=O) groups is 2. The average molecular weight is 482 g/mol. The lowest BCUT2D eigenvalue weighted by molar-refractivity contribution is -0.140. The number of benzene rings is 2. The van der Waals surface area contributed by atoms with E-state index in [-0.39, 0.29) is 5.69 Å². The summed E-state index contributed by atoms with van der Waals surface area (Å²) in [4.78, 5) is 28.1. The van der Waals surface area contributed by atoms with Crippen molar-refractivity contribution >= 4 is 27.6 Å². The van der Waals surface area contributed by atoms with Crippen LogP contribution in [0.4, 0.5) is 23.7 Å². The summed E-state index contributed by atoms with van der Waals surface area (Å²) in [7, 11) is -4.90. The monoisotopic (exact) mass is 482 g/mol. The summed E-state index contributed by atoms with van der Waals surface area (Å²) in [6, 6.07) is 9.39. The number of anilines is 1. The molecule has 0 aliphatic carbocycles. The van der Waals surface area contributed by atoms with Crippen molar-refractivity contribution in [2.75, 3.05) is 37.6 Å². The number of amides is 3. The van der Waals surface area contributed by atoms with Gasteiger partial charge in [0.25, 0.3) is 10.0 Å². The lowest BCUT2D eigenvalue weighted by Gasteiger charge is -2.32. The van der Waals surface area contributed by atoms with Gasteiger partial charge in [0.1, 0.15) is 6.04 Å². The van der Waals surface area contributed by atoms with Crippen LogP contribution >= 0.6 is 0 Å². The smallest absolute Gasteiger partial charge is 0.338 e. The van der Waals surface area contributed by atoms with Gasteiger partial charge in [-0.25, -0.2) is 17.5 Å². The van der Waals surface area contributed by atoms with Crippen LogP contribution in [0.15, 0.2) is 59.5 Å². The van der Waals surface area contributed by atoms with Gasteiger partial charge in [-0.1, -0.05) is 30.3 Å². The zero-order valence-corrected chi connectivity index (χ0v) is 18.1. The van der Waals surface area contributed by atoms with E-state index in [4.69, 9.17) is 0 Å². The summed E-state index contributed by atoms with van der Waals surface area (Å²) in [6.45, 7) is 1.23. The van der Waals surface area contributed by atoms with Crippen LogP contribution in [0, 0.1) is 0 Å². The Hall–Kier alpha value is -3.12. The topological polar surface area (TPSA) is 90.0 Å². The van der Waals surface area contributed by atoms with Crippen molar-refractivity contribution in [2.45, 2.75) is 17.1 Å². The largest absolute Gasteiger partial charge is 0.417 e. The molecule has 1 N–H and O–H groups in total. The minimum Gasteiger partial charge on any atom is -0.338 e. The van der Waals surface area contributed by atoms with Gasteiger partial charge in [0, 0.05) is 31.9 Å². The average Bonchev–Trinajstić information content (AvgIpc) is 3.17. The number of carbonyl (C=O) groups excluding carboxylic acids is 2. The first kappa shape index (κ1) is 23.1. The van der Waals surface area contributed by atoms with Crippen molar-refractivity contribution in [3.63, 3.8) is 0 Å². The number of halogens is 3. The van der Waals surface area contributed by atoms with E-state index < -0.39 is 51.2 Å². The molecule has 8 nitrogen and oxygen atoms in total. The summed E-state index contributed by atoms with van der Waals surface area (Å²) >= 11 is 0. The van der Waals surface area contributed by atoms with E-state index in [0.717, 1.165) is 23.1 Å². The molecule has 0 bridgehead atoms. The number of para-hydroxylation sites is 1. The van der Waals surface area contributed by atoms with Gasteiger partial charge < -0.3 is 10.2 Å². The van der Waals surface area contributed by atoms with Crippen LogP contribution < -0.4 is 10.2 Å². The third kappa shape index (κ3) is 4.27. The minimum atomic E-state index is -4.94. The fraction of sp³-hybridized carbons (Fsp3) is 0.333. The second-order valence-electron chi connectivity index (χ2n) is 7.61. The number of nitrogens with one attached hydrogen (secondary N) is 1.